The van der Waals surface area contributed by atoms with Crippen molar-refractivity contribution < 1.29 is 23.9 Å². The maximum absolute atomic E-state index is 13.3. The molecule has 29 heavy (non-hydrogen) atoms. The topological polar surface area (TPSA) is 81.7 Å². The molecule has 0 atom stereocenters. The number of fused-ring (bicyclic) bond motifs is 2. The third kappa shape index (κ3) is 3.93. The van der Waals surface area contributed by atoms with Gasteiger partial charge in [-0.2, -0.15) is 0 Å². The highest BCUT2D eigenvalue weighted by atomic mass is 35.5. The number of carbonyl (C=O) groups excluding carboxylic acids is 3. The first kappa shape index (κ1) is 20.4. The minimum absolute atomic E-state index is 0.113. The van der Waals surface area contributed by atoms with Gasteiger partial charge in [0.1, 0.15) is 30.6 Å². The minimum Gasteiger partial charge on any atom is -0.489 e. The number of ether oxygens (including phenoxy) is 2. The van der Waals surface area contributed by atoms with Crippen molar-refractivity contribution in [1.29, 1.82) is 0 Å². The second-order valence-corrected chi connectivity index (χ2v) is 6.38. The lowest BCUT2D eigenvalue weighted by molar-refractivity contribution is -0.113. The molecule has 1 N–H and O–H groups in total. The molecular weight excluding hydrogens is 394 g/mol. The molecule has 148 valence electrons. The average molecular weight is 412 g/mol. The van der Waals surface area contributed by atoms with Crippen LogP contribution < -0.4 is 14.8 Å². The quantitative estimate of drug-likeness (QED) is 0.450. The van der Waals surface area contributed by atoms with Crippen molar-refractivity contribution in [3.63, 3.8) is 0 Å². The van der Waals surface area contributed by atoms with Crippen molar-refractivity contribution in [3.05, 3.63) is 77.9 Å². The third-order valence-electron chi connectivity index (χ3n) is 4.19. The van der Waals surface area contributed by atoms with E-state index in [0.29, 0.717) is 11.4 Å². The number of anilines is 1. The van der Waals surface area contributed by atoms with Crippen LogP contribution in [-0.2, 0) is 4.79 Å². The lowest BCUT2D eigenvalue weighted by atomic mass is 9.82. The van der Waals surface area contributed by atoms with Crippen molar-refractivity contribution in [1.82, 2.24) is 0 Å². The molecule has 0 aromatic heterocycles. The fraction of sp³-hybridized carbons (Fsp3) is 0.136. The summed E-state index contributed by atoms with van der Waals surface area (Å²) in [5.74, 6) is -1.01. The SMILES string of the molecule is C=CCOc1cccc2c1C(=O)c1c(OCC=C)cc(NC(=O)CCl)cc1C2=O. The van der Waals surface area contributed by atoms with E-state index in [4.69, 9.17) is 21.1 Å². The van der Waals surface area contributed by atoms with E-state index in [9.17, 15) is 14.4 Å². The molecule has 1 aliphatic rings. The zero-order valence-electron chi connectivity index (χ0n) is 15.5. The standard InChI is InChI=1S/C22H18ClNO5/c1-3-8-28-16-7-5-6-14-19(16)22(27)20-15(21(14)26)10-13(24-18(25)12-23)11-17(20)29-9-4-2/h3-7,10-11H,1-2,8-9,12H2,(H,24,25). The fourth-order valence-corrected chi connectivity index (χ4v) is 3.12. The largest absolute Gasteiger partial charge is 0.489 e. The lowest BCUT2D eigenvalue weighted by Crippen LogP contribution is -2.24. The highest BCUT2D eigenvalue weighted by molar-refractivity contribution is 6.31. The number of amides is 1. The van der Waals surface area contributed by atoms with Crippen LogP contribution in [0.25, 0.3) is 0 Å². The van der Waals surface area contributed by atoms with Crippen LogP contribution in [0.4, 0.5) is 5.69 Å². The Balaban J connectivity index is 2.17. The van der Waals surface area contributed by atoms with Gasteiger partial charge in [-0.25, -0.2) is 0 Å². The summed E-state index contributed by atoms with van der Waals surface area (Å²) >= 11 is 5.55. The van der Waals surface area contributed by atoms with Crippen molar-refractivity contribution in [2.75, 3.05) is 24.4 Å². The molecular formula is C22H18ClNO5. The number of hydrogen-bond acceptors (Lipinski definition) is 5. The Morgan fingerprint density at radius 1 is 0.966 bits per heavy atom. The van der Waals surface area contributed by atoms with Gasteiger partial charge in [-0.1, -0.05) is 37.4 Å². The fourth-order valence-electron chi connectivity index (χ4n) is 3.05. The van der Waals surface area contributed by atoms with E-state index < -0.39 is 11.7 Å². The number of halogens is 1. The van der Waals surface area contributed by atoms with Crippen LogP contribution in [0.3, 0.4) is 0 Å². The molecule has 3 rings (SSSR count). The molecule has 2 aromatic rings. The molecule has 0 heterocycles. The smallest absolute Gasteiger partial charge is 0.239 e. The molecule has 0 spiro atoms. The van der Waals surface area contributed by atoms with E-state index in [-0.39, 0.29) is 52.9 Å². The molecule has 0 saturated carbocycles. The van der Waals surface area contributed by atoms with Gasteiger partial charge in [0.05, 0.1) is 11.1 Å². The van der Waals surface area contributed by atoms with Crippen molar-refractivity contribution in [2.24, 2.45) is 0 Å². The number of alkyl halides is 1. The minimum atomic E-state index is -0.448. The molecule has 0 fully saturated rings. The summed E-state index contributed by atoms with van der Waals surface area (Å²) in [6, 6.07) is 7.75. The zero-order valence-corrected chi connectivity index (χ0v) is 16.3. The molecule has 1 aliphatic carbocycles. The van der Waals surface area contributed by atoms with Crippen LogP contribution in [-0.4, -0.2) is 36.6 Å². The molecule has 0 unspecified atom stereocenters. The second kappa shape index (κ2) is 8.75. The Hall–Kier alpha value is -3.38. The van der Waals surface area contributed by atoms with Gasteiger partial charge >= 0.3 is 0 Å². The number of carbonyl (C=O) groups is 3. The summed E-state index contributed by atoms with van der Waals surface area (Å²) in [5, 5.41) is 2.58. The van der Waals surface area contributed by atoms with E-state index in [1.807, 2.05) is 0 Å². The van der Waals surface area contributed by atoms with Crippen molar-refractivity contribution >= 4 is 34.8 Å². The number of rotatable bonds is 8. The van der Waals surface area contributed by atoms with Gasteiger partial charge in [-0.15, -0.1) is 11.6 Å². The molecule has 2 aromatic carbocycles. The first-order valence-corrected chi connectivity index (χ1v) is 9.29. The van der Waals surface area contributed by atoms with Gasteiger partial charge in [0.25, 0.3) is 0 Å². The van der Waals surface area contributed by atoms with Gasteiger partial charge in [0, 0.05) is 22.9 Å². The molecule has 0 bridgehead atoms. The molecule has 0 saturated heterocycles. The van der Waals surface area contributed by atoms with E-state index in [2.05, 4.69) is 18.5 Å². The van der Waals surface area contributed by atoms with Gasteiger partial charge in [0.15, 0.2) is 5.78 Å². The molecule has 0 aliphatic heterocycles. The summed E-state index contributed by atoms with van der Waals surface area (Å²) in [6.45, 7) is 7.49. The molecule has 6 nitrogen and oxygen atoms in total. The molecule has 7 heteroatoms. The first-order chi connectivity index (χ1) is 14.0. The number of hydrogen-bond donors (Lipinski definition) is 1. The highest BCUT2D eigenvalue weighted by Crippen LogP contribution is 2.39. The lowest BCUT2D eigenvalue weighted by Gasteiger charge is -2.23. The van der Waals surface area contributed by atoms with E-state index in [1.165, 1.54) is 18.2 Å². The Morgan fingerprint density at radius 2 is 1.62 bits per heavy atom. The second-order valence-electron chi connectivity index (χ2n) is 6.12. The maximum atomic E-state index is 13.3. The summed E-state index contributed by atoms with van der Waals surface area (Å²) in [4.78, 5) is 38.2. The van der Waals surface area contributed by atoms with Crippen molar-refractivity contribution in [2.45, 2.75) is 0 Å². The Kier molecular flexibility index (Phi) is 6.14. The normalized spacial score (nSPS) is 11.9. The highest BCUT2D eigenvalue weighted by Gasteiger charge is 2.35. The molecule has 1 amide bonds. The van der Waals surface area contributed by atoms with Crippen LogP contribution in [0.1, 0.15) is 31.8 Å². The predicted octanol–water partition coefficient (Wildman–Crippen LogP) is 3.77. The van der Waals surface area contributed by atoms with Crippen LogP contribution in [0.2, 0.25) is 0 Å². The van der Waals surface area contributed by atoms with Crippen LogP contribution in [0, 0.1) is 0 Å². The Labute approximate surface area is 172 Å². The summed E-state index contributed by atoms with van der Waals surface area (Å²) in [6.07, 6.45) is 3.06. The van der Waals surface area contributed by atoms with E-state index in [0.717, 1.165) is 0 Å². The summed E-state index contributed by atoms with van der Waals surface area (Å²) < 4.78 is 11.2. The number of nitrogens with one attached hydrogen (secondary N) is 1. The number of ketones is 2. The zero-order chi connectivity index (χ0) is 21.0. The van der Waals surface area contributed by atoms with Gasteiger partial charge in [-0.05, 0) is 12.1 Å². The van der Waals surface area contributed by atoms with E-state index >= 15 is 0 Å². The average Bonchev–Trinajstić information content (AvgIpc) is 2.73. The van der Waals surface area contributed by atoms with Crippen molar-refractivity contribution in [3.8, 4) is 11.5 Å². The summed E-state index contributed by atoms with van der Waals surface area (Å²) in [5.41, 5.74) is 0.946. The van der Waals surface area contributed by atoms with E-state index in [1.54, 1.807) is 24.3 Å². The predicted molar refractivity (Wildman–Crippen MR) is 110 cm³/mol. The van der Waals surface area contributed by atoms with Crippen LogP contribution in [0.5, 0.6) is 11.5 Å². The third-order valence-corrected chi connectivity index (χ3v) is 4.43. The first-order valence-electron chi connectivity index (χ1n) is 8.75. The van der Waals surface area contributed by atoms with Gasteiger partial charge < -0.3 is 14.8 Å². The Morgan fingerprint density at radius 3 is 2.28 bits per heavy atom. The van der Waals surface area contributed by atoms with Gasteiger partial charge in [-0.3, -0.25) is 14.4 Å². The maximum Gasteiger partial charge on any atom is 0.239 e. The monoisotopic (exact) mass is 411 g/mol. The molecule has 0 radical (unpaired) electrons. The summed E-state index contributed by atoms with van der Waals surface area (Å²) in [7, 11) is 0. The number of benzene rings is 2. The Bertz CT molecular complexity index is 1030. The van der Waals surface area contributed by atoms with Gasteiger partial charge in [0.2, 0.25) is 11.7 Å². The van der Waals surface area contributed by atoms with Crippen LogP contribution >= 0.6 is 11.6 Å². The van der Waals surface area contributed by atoms with Crippen LogP contribution in [0.15, 0.2) is 55.6 Å².